The van der Waals surface area contributed by atoms with Crippen LogP contribution in [0.15, 0.2) is 47.7 Å². The first-order valence-corrected chi connectivity index (χ1v) is 6.88. The van der Waals surface area contributed by atoms with Crippen LogP contribution >= 0.6 is 0 Å². The lowest BCUT2D eigenvalue weighted by molar-refractivity contribution is 0.862. The third kappa shape index (κ3) is 4.39. The molecule has 1 aromatic heterocycles. The molecule has 0 radical (unpaired) electrons. The van der Waals surface area contributed by atoms with Gasteiger partial charge in [0.05, 0.1) is 18.8 Å². The molecule has 0 unspecified atom stereocenters. The van der Waals surface area contributed by atoms with E-state index in [-0.39, 0.29) is 0 Å². The van der Waals surface area contributed by atoms with Crippen molar-refractivity contribution in [1.29, 1.82) is 0 Å². The first-order valence-electron chi connectivity index (χ1n) is 6.88. The number of nitrogens with one attached hydrogen (secondary N) is 2. The summed E-state index contributed by atoms with van der Waals surface area (Å²) in [6.07, 6.45) is 8.92. The molecule has 5 heteroatoms. The number of nitrogens with zero attached hydrogens (tertiary/aromatic N) is 3. The van der Waals surface area contributed by atoms with Crippen molar-refractivity contribution in [3.05, 3.63) is 48.3 Å². The molecule has 108 valence electrons. The van der Waals surface area contributed by atoms with E-state index in [1.807, 2.05) is 48.1 Å². The molecule has 0 fully saturated rings. The zero-order valence-electron chi connectivity index (χ0n) is 12.1. The van der Waals surface area contributed by atoms with Gasteiger partial charge in [0.2, 0.25) is 0 Å². The minimum atomic E-state index is 0.462. The summed E-state index contributed by atoms with van der Waals surface area (Å²) in [6, 6.07) is 10.0. The van der Waals surface area contributed by atoms with E-state index in [1.165, 1.54) is 0 Å². The molecule has 0 saturated carbocycles. The predicted octanol–water partition coefficient (Wildman–Crippen LogP) is 1.56. The summed E-state index contributed by atoms with van der Waals surface area (Å²) in [5.41, 5.74) is 2.16. The summed E-state index contributed by atoms with van der Waals surface area (Å²) in [7, 11) is 0. The molecule has 0 aliphatic rings. The highest BCUT2D eigenvalue weighted by Crippen LogP contribution is 2.09. The molecule has 0 aliphatic heterocycles. The van der Waals surface area contributed by atoms with Crippen molar-refractivity contribution in [2.24, 2.45) is 4.99 Å². The molecule has 21 heavy (non-hydrogen) atoms. The van der Waals surface area contributed by atoms with Crippen LogP contribution in [0.25, 0.3) is 5.69 Å². The van der Waals surface area contributed by atoms with E-state index in [0.717, 1.165) is 23.8 Å². The van der Waals surface area contributed by atoms with Crippen molar-refractivity contribution in [3.63, 3.8) is 0 Å². The second-order valence-corrected chi connectivity index (χ2v) is 4.37. The average molecular weight is 281 g/mol. The highest BCUT2D eigenvalue weighted by Gasteiger charge is 1.98. The SMILES string of the molecule is C#CCNC(=NCc1ccc(-n2cccn2)cc1)NCC. The van der Waals surface area contributed by atoms with E-state index < -0.39 is 0 Å². The van der Waals surface area contributed by atoms with Gasteiger partial charge in [-0.3, -0.25) is 0 Å². The van der Waals surface area contributed by atoms with Gasteiger partial charge in [-0.05, 0) is 30.7 Å². The fourth-order valence-corrected chi connectivity index (χ4v) is 1.82. The van der Waals surface area contributed by atoms with Crippen LogP contribution < -0.4 is 10.6 Å². The standard InChI is InChI=1S/C16H19N5/c1-3-10-18-16(17-4-2)19-13-14-6-8-15(9-7-14)21-12-5-11-20-21/h1,5-9,11-12H,4,10,13H2,2H3,(H2,17,18,19). The Morgan fingerprint density at radius 2 is 2.14 bits per heavy atom. The van der Waals surface area contributed by atoms with Crippen molar-refractivity contribution in [2.75, 3.05) is 13.1 Å². The second-order valence-electron chi connectivity index (χ2n) is 4.37. The van der Waals surface area contributed by atoms with Crippen LogP contribution in [-0.4, -0.2) is 28.8 Å². The Labute approximate surface area is 125 Å². The summed E-state index contributed by atoms with van der Waals surface area (Å²) >= 11 is 0. The quantitative estimate of drug-likeness (QED) is 0.497. The van der Waals surface area contributed by atoms with E-state index in [4.69, 9.17) is 6.42 Å². The molecular formula is C16H19N5. The highest BCUT2D eigenvalue weighted by molar-refractivity contribution is 5.79. The van der Waals surface area contributed by atoms with Crippen LogP contribution in [0, 0.1) is 12.3 Å². The van der Waals surface area contributed by atoms with Crippen LogP contribution in [0.5, 0.6) is 0 Å². The maximum absolute atomic E-state index is 5.24. The molecule has 1 heterocycles. The normalized spacial score (nSPS) is 11.0. The Balaban J connectivity index is 2.00. The van der Waals surface area contributed by atoms with Gasteiger partial charge < -0.3 is 10.6 Å². The minimum Gasteiger partial charge on any atom is -0.357 e. The topological polar surface area (TPSA) is 54.2 Å². The molecule has 0 atom stereocenters. The number of hydrogen-bond acceptors (Lipinski definition) is 2. The van der Waals surface area contributed by atoms with Crippen molar-refractivity contribution in [1.82, 2.24) is 20.4 Å². The van der Waals surface area contributed by atoms with Gasteiger partial charge in [-0.15, -0.1) is 6.42 Å². The third-order valence-corrected chi connectivity index (χ3v) is 2.83. The van der Waals surface area contributed by atoms with Crippen LogP contribution in [0.2, 0.25) is 0 Å². The van der Waals surface area contributed by atoms with Crippen molar-refractivity contribution in [3.8, 4) is 18.0 Å². The van der Waals surface area contributed by atoms with E-state index in [2.05, 4.69) is 26.6 Å². The van der Waals surface area contributed by atoms with Crippen LogP contribution in [0.1, 0.15) is 12.5 Å². The van der Waals surface area contributed by atoms with E-state index in [9.17, 15) is 0 Å². The summed E-state index contributed by atoms with van der Waals surface area (Å²) in [5.74, 6) is 3.26. The number of benzene rings is 1. The maximum Gasteiger partial charge on any atom is 0.192 e. The molecule has 2 N–H and O–H groups in total. The molecule has 0 aliphatic carbocycles. The molecular weight excluding hydrogens is 262 g/mol. The molecule has 2 aromatic rings. The lowest BCUT2D eigenvalue weighted by Crippen LogP contribution is -2.37. The Morgan fingerprint density at radius 3 is 2.76 bits per heavy atom. The second kappa shape index (κ2) is 7.75. The fourth-order valence-electron chi connectivity index (χ4n) is 1.82. The van der Waals surface area contributed by atoms with Gasteiger partial charge in [-0.25, -0.2) is 9.67 Å². The Morgan fingerprint density at radius 1 is 1.33 bits per heavy atom. The van der Waals surface area contributed by atoms with Crippen LogP contribution in [-0.2, 0) is 6.54 Å². The predicted molar refractivity (Wildman–Crippen MR) is 85.2 cm³/mol. The van der Waals surface area contributed by atoms with E-state index in [1.54, 1.807) is 6.20 Å². The summed E-state index contributed by atoms with van der Waals surface area (Å²) in [5, 5.41) is 10.4. The van der Waals surface area contributed by atoms with Gasteiger partial charge in [0.15, 0.2) is 5.96 Å². The number of rotatable bonds is 5. The molecule has 0 spiro atoms. The smallest absolute Gasteiger partial charge is 0.192 e. The van der Waals surface area contributed by atoms with Gasteiger partial charge in [-0.1, -0.05) is 18.1 Å². The van der Waals surface area contributed by atoms with E-state index in [0.29, 0.717) is 13.1 Å². The first-order chi connectivity index (χ1) is 10.3. The lowest BCUT2D eigenvalue weighted by Gasteiger charge is -2.09. The largest absolute Gasteiger partial charge is 0.357 e. The molecule has 2 rings (SSSR count). The number of terminal acetylenes is 1. The zero-order chi connectivity index (χ0) is 14.9. The molecule has 0 saturated heterocycles. The fraction of sp³-hybridized carbons (Fsp3) is 0.250. The maximum atomic E-state index is 5.24. The van der Waals surface area contributed by atoms with E-state index >= 15 is 0 Å². The van der Waals surface area contributed by atoms with Gasteiger partial charge in [0.1, 0.15) is 0 Å². The van der Waals surface area contributed by atoms with Gasteiger partial charge in [0.25, 0.3) is 0 Å². The van der Waals surface area contributed by atoms with Crippen molar-refractivity contribution >= 4 is 5.96 Å². The van der Waals surface area contributed by atoms with Gasteiger partial charge >= 0.3 is 0 Å². The third-order valence-electron chi connectivity index (χ3n) is 2.83. The first kappa shape index (κ1) is 14.7. The summed E-state index contributed by atoms with van der Waals surface area (Å²) in [4.78, 5) is 4.49. The monoisotopic (exact) mass is 281 g/mol. The summed E-state index contributed by atoms with van der Waals surface area (Å²) < 4.78 is 1.82. The number of hydrogen-bond donors (Lipinski definition) is 2. The van der Waals surface area contributed by atoms with Gasteiger partial charge in [0, 0.05) is 18.9 Å². The Hall–Kier alpha value is -2.74. The number of aromatic nitrogens is 2. The Bertz CT molecular complexity index is 605. The number of aliphatic imine (C=N–C) groups is 1. The van der Waals surface area contributed by atoms with Crippen LogP contribution in [0.3, 0.4) is 0 Å². The molecule has 1 aromatic carbocycles. The molecule has 0 amide bonds. The Kier molecular flexibility index (Phi) is 5.41. The number of guanidine groups is 1. The van der Waals surface area contributed by atoms with Crippen LogP contribution in [0.4, 0.5) is 0 Å². The average Bonchev–Trinajstić information content (AvgIpc) is 3.05. The minimum absolute atomic E-state index is 0.462. The van der Waals surface area contributed by atoms with Crippen molar-refractivity contribution < 1.29 is 0 Å². The molecule has 0 bridgehead atoms. The zero-order valence-corrected chi connectivity index (χ0v) is 12.1. The van der Waals surface area contributed by atoms with Gasteiger partial charge in [-0.2, -0.15) is 5.10 Å². The summed E-state index contributed by atoms with van der Waals surface area (Å²) in [6.45, 7) is 3.88. The molecule has 5 nitrogen and oxygen atoms in total. The van der Waals surface area contributed by atoms with Crippen molar-refractivity contribution in [2.45, 2.75) is 13.5 Å². The highest BCUT2D eigenvalue weighted by atomic mass is 15.3. The lowest BCUT2D eigenvalue weighted by atomic mass is 10.2.